The highest BCUT2D eigenvalue weighted by Crippen LogP contribution is 2.32. The second-order valence-corrected chi connectivity index (χ2v) is 5.49. The third kappa shape index (κ3) is 2.67. The van der Waals surface area contributed by atoms with Crippen LogP contribution in [0.5, 0.6) is 0 Å². The lowest BCUT2D eigenvalue weighted by Crippen LogP contribution is -2.15. The summed E-state index contributed by atoms with van der Waals surface area (Å²) in [7, 11) is 0. The quantitative estimate of drug-likeness (QED) is 0.767. The van der Waals surface area contributed by atoms with Crippen molar-refractivity contribution >= 4 is 11.6 Å². The van der Waals surface area contributed by atoms with Crippen LogP contribution in [0.3, 0.4) is 0 Å². The Morgan fingerprint density at radius 2 is 1.46 bits per heavy atom. The summed E-state index contributed by atoms with van der Waals surface area (Å²) < 4.78 is 0. The molecule has 0 radical (unpaired) electrons. The second kappa shape index (κ2) is 6.42. The van der Waals surface area contributed by atoms with Gasteiger partial charge in [-0.2, -0.15) is 10.5 Å². The molecule has 0 aliphatic carbocycles. The Balaban J connectivity index is 2.41. The molecule has 1 heterocycles. The van der Waals surface area contributed by atoms with Gasteiger partial charge in [0, 0.05) is 10.6 Å². The highest BCUT2D eigenvalue weighted by molar-refractivity contribution is 6.30. The van der Waals surface area contributed by atoms with Gasteiger partial charge < -0.3 is 4.98 Å². The van der Waals surface area contributed by atoms with Crippen molar-refractivity contribution in [1.82, 2.24) is 4.98 Å². The van der Waals surface area contributed by atoms with Gasteiger partial charge in [-0.1, -0.05) is 54.1 Å². The summed E-state index contributed by atoms with van der Waals surface area (Å²) in [5.74, 6) is 0. The standard InChI is InChI=1S/C19H10ClN3O/c20-14-8-6-12(7-9-14)17-15(10-21)18(13-4-2-1-3-5-13)23-19(24)16(17)11-22/h1-9H,(H,23,24). The topological polar surface area (TPSA) is 80.4 Å². The molecule has 24 heavy (non-hydrogen) atoms. The third-order valence-corrected chi connectivity index (χ3v) is 3.89. The van der Waals surface area contributed by atoms with Crippen molar-refractivity contribution in [2.24, 2.45) is 0 Å². The Kier molecular flexibility index (Phi) is 4.16. The fourth-order valence-electron chi connectivity index (χ4n) is 2.55. The molecular weight excluding hydrogens is 322 g/mol. The zero-order chi connectivity index (χ0) is 17.1. The van der Waals surface area contributed by atoms with Crippen molar-refractivity contribution in [3.05, 3.63) is 81.1 Å². The fraction of sp³-hybridized carbons (Fsp3) is 0. The maximum atomic E-state index is 12.4. The lowest BCUT2D eigenvalue weighted by atomic mass is 9.93. The van der Waals surface area contributed by atoms with Crippen LogP contribution in [0.2, 0.25) is 5.02 Å². The first-order chi connectivity index (χ1) is 11.7. The van der Waals surface area contributed by atoms with Crippen molar-refractivity contribution in [3.8, 4) is 34.5 Å². The normalized spacial score (nSPS) is 9.96. The van der Waals surface area contributed by atoms with Gasteiger partial charge in [-0.3, -0.25) is 4.79 Å². The minimum absolute atomic E-state index is 0.0893. The number of hydrogen-bond acceptors (Lipinski definition) is 3. The number of aromatic amines is 1. The number of nitriles is 2. The number of benzene rings is 2. The average molecular weight is 332 g/mol. The van der Waals surface area contributed by atoms with E-state index in [0.717, 1.165) is 0 Å². The Bertz CT molecular complexity index is 1040. The van der Waals surface area contributed by atoms with Crippen LogP contribution in [0.4, 0.5) is 0 Å². The number of nitrogens with one attached hydrogen (secondary N) is 1. The predicted molar refractivity (Wildman–Crippen MR) is 92.4 cm³/mol. The van der Waals surface area contributed by atoms with Crippen molar-refractivity contribution in [2.45, 2.75) is 0 Å². The summed E-state index contributed by atoms with van der Waals surface area (Å²) in [6.45, 7) is 0. The molecule has 0 spiro atoms. The van der Waals surface area contributed by atoms with Gasteiger partial charge in [0.05, 0.1) is 11.3 Å². The zero-order valence-corrected chi connectivity index (χ0v) is 13.1. The number of rotatable bonds is 2. The van der Waals surface area contributed by atoms with Gasteiger partial charge >= 0.3 is 0 Å². The molecule has 3 aromatic rings. The molecule has 0 bridgehead atoms. The molecule has 3 rings (SSSR count). The molecule has 0 fully saturated rings. The summed E-state index contributed by atoms with van der Waals surface area (Å²) in [6.07, 6.45) is 0. The first kappa shape index (κ1) is 15.6. The van der Waals surface area contributed by atoms with Crippen LogP contribution in [0.25, 0.3) is 22.4 Å². The molecule has 0 aliphatic heterocycles. The lowest BCUT2D eigenvalue weighted by molar-refractivity contribution is 1.20. The van der Waals surface area contributed by atoms with Gasteiger partial charge in [0.2, 0.25) is 0 Å². The number of aromatic nitrogens is 1. The van der Waals surface area contributed by atoms with Crippen LogP contribution in [0.1, 0.15) is 11.1 Å². The molecule has 0 saturated heterocycles. The van der Waals surface area contributed by atoms with E-state index in [1.165, 1.54) is 0 Å². The minimum atomic E-state index is -0.527. The Hall–Kier alpha value is -3.34. The van der Waals surface area contributed by atoms with E-state index in [-0.39, 0.29) is 11.1 Å². The van der Waals surface area contributed by atoms with Crippen LogP contribution >= 0.6 is 11.6 Å². The second-order valence-electron chi connectivity index (χ2n) is 5.05. The smallest absolute Gasteiger partial charge is 0.267 e. The maximum absolute atomic E-state index is 12.4. The summed E-state index contributed by atoms with van der Waals surface area (Å²) in [6, 6.07) is 19.8. The largest absolute Gasteiger partial charge is 0.320 e. The van der Waals surface area contributed by atoms with Crippen molar-refractivity contribution in [1.29, 1.82) is 10.5 Å². The summed E-state index contributed by atoms with van der Waals surface area (Å²) in [5.41, 5.74) is 1.64. The Morgan fingerprint density at radius 1 is 0.833 bits per heavy atom. The maximum Gasteiger partial charge on any atom is 0.267 e. The molecule has 2 aromatic carbocycles. The lowest BCUT2D eigenvalue weighted by Gasteiger charge is -2.11. The molecule has 0 atom stereocenters. The van der Waals surface area contributed by atoms with E-state index in [1.54, 1.807) is 36.4 Å². The monoisotopic (exact) mass is 331 g/mol. The van der Waals surface area contributed by atoms with Crippen molar-refractivity contribution < 1.29 is 0 Å². The van der Waals surface area contributed by atoms with Crippen molar-refractivity contribution in [3.63, 3.8) is 0 Å². The van der Waals surface area contributed by atoms with E-state index in [2.05, 4.69) is 11.1 Å². The van der Waals surface area contributed by atoms with Crippen LogP contribution in [-0.4, -0.2) is 4.98 Å². The Morgan fingerprint density at radius 3 is 2.04 bits per heavy atom. The average Bonchev–Trinajstić information content (AvgIpc) is 2.62. The third-order valence-electron chi connectivity index (χ3n) is 3.63. The van der Waals surface area contributed by atoms with Crippen LogP contribution < -0.4 is 5.56 Å². The molecule has 1 N–H and O–H groups in total. The van der Waals surface area contributed by atoms with Crippen LogP contribution in [0, 0.1) is 22.7 Å². The van der Waals surface area contributed by atoms with E-state index in [9.17, 15) is 15.3 Å². The van der Waals surface area contributed by atoms with E-state index < -0.39 is 5.56 Å². The molecule has 4 nitrogen and oxygen atoms in total. The first-order valence-corrected chi connectivity index (χ1v) is 7.45. The van der Waals surface area contributed by atoms with Crippen LogP contribution in [0.15, 0.2) is 59.4 Å². The van der Waals surface area contributed by atoms with Gasteiger partial charge in [0.25, 0.3) is 5.56 Å². The van der Waals surface area contributed by atoms with Gasteiger partial charge in [-0.15, -0.1) is 0 Å². The van der Waals surface area contributed by atoms with E-state index in [1.807, 2.05) is 24.3 Å². The highest BCUT2D eigenvalue weighted by atomic mass is 35.5. The highest BCUT2D eigenvalue weighted by Gasteiger charge is 2.20. The molecule has 0 amide bonds. The summed E-state index contributed by atoms with van der Waals surface area (Å²) >= 11 is 5.91. The Labute approximate surface area is 143 Å². The summed E-state index contributed by atoms with van der Waals surface area (Å²) in [4.78, 5) is 15.0. The predicted octanol–water partition coefficient (Wildman–Crippen LogP) is 4.11. The van der Waals surface area contributed by atoms with E-state index in [0.29, 0.717) is 27.4 Å². The van der Waals surface area contributed by atoms with Crippen molar-refractivity contribution in [2.75, 3.05) is 0 Å². The molecule has 5 heteroatoms. The van der Waals surface area contributed by atoms with E-state index in [4.69, 9.17) is 11.6 Å². The number of pyridine rings is 1. The first-order valence-electron chi connectivity index (χ1n) is 7.07. The van der Waals surface area contributed by atoms with Gasteiger partial charge in [0.15, 0.2) is 0 Å². The van der Waals surface area contributed by atoms with E-state index >= 15 is 0 Å². The zero-order valence-electron chi connectivity index (χ0n) is 12.4. The SMILES string of the molecule is N#Cc1c(-c2ccccc2)[nH]c(=O)c(C#N)c1-c1ccc(Cl)cc1. The fourth-order valence-corrected chi connectivity index (χ4v) is 2.67. The molecule has 1 aromatic heterocycles. The van der Waals surface area contributed by atoms with Gasteiger partial charge in [-0.05, 0) is 23.3 Å². The number of nitrogens with zero attached hydrogens (tertiary/aromatic N) is 2. The molecule has 0 unspecified atom stereocenters. The van der Waals surface area contributed by atoms with Gasteiger partial charge in [0.1, 0.15) is 17.7 Å². The van der Waals surface area contributed by atoms with Gasteiger partial charge in [-0.25, -0.2) is 0 Å². The molecule has 0 saturated carbocycles. The molecule has 0 aliphatic rings. The number of H-pyrrole nitrogens is 1. The summed E-state index contributed by atoms with van der Waals surface area (Å²) in [5, 5.41) is 19.6. The minimum Gasteiger partial charge on any atom is -0.320 e. The number of halogens is 1. The molecular formula is C19H10ClN3O. The number of hydrogen-bond donors (Lipinski definition) is 1. The van der Waals surface area contributed by atoms with Crippen LogP contribution in [-0.2, 0) is 0 Å². The molecule has 114 valence electrons.